The monoisotopic (exact) mass is 178 g/mol. The lowest BCUT2D eigenvalue weighted by molar-refractivity contribution is 0.0994. The van der Waals surface area contributed by atoms with Gasteiger partial charge in [-0.2, -0.15) is 0 Å². The largest absolute Gasteiger partial charge is 0.294 e. The standard InChI is InChI=1S/C10H10OS/c1-12-10-4-2-3-7-8(10)5-6-9(7)11/h2-4H,5-6H2,1H3. The Morgan fingerprint density at radius 3 is 2.92 bits per heavy atom. The minimum atomic E-state index is 0.306. The van der Waals surface area contributed by atoms with Gasteiger partial charge in [-0.05, 0) is 24.3 Å². The zero-order chi connectivity index (χ0) is 8.55. The molecule has 0 aromatic heterocycles. The first-order valence-corrected chi connectivity index (χ1v) is 5.24. The lowest BCUT2D eigenvalue weighted by Crippen LogP contribution is -1.90. The van der Waals surface area contributed by atoms with E-state index in [-0.39, 0.29) is 0 Å². The number of benzene rings is 1. The average molecular weight is 178 g/mol. The molecular weight excluding hydrogens is 168 g/mol. The second-order valence-electron chi connectivity index (χ2n) is 2.91. The van der Waals surface area contributed by atoms with Crippen LogP contribution in [0.4, 0.5) is 0 Å². The fraction of sp³-hybridized carbons (Fsp3) is 0.300. The number of fused-ring (bicyclic) bond motifs is 1. The molecule has 1 aromatic rings. The first-order chi connectivity index (χ1) is 5.83. The topological polar surface area (TPSA) is 17.1 Å². The van der Waals surface area contributed by atoms with Crippen LogP contribution in [0.25, 0.3) is 0 Å². The van der Waals surface area contributed by atoms with E-state index in [1.807, 2.05) is 12.1 Å². The zero-order valence-electron chi connectivity index (χ0n) is 6.96. The van der Waals surface area contributed by atoms with Crippen LogP contribution in [0.15, 0.2) is 23.1 Å². The number of thioether (sulfide) groups is 1. The maximum Gasteiger partial charge on any atom is 0.163 e. The molecule has 2 rings (SSSR count). The molecule has 0 saturated heterocycles. The Morgan fingerprint density at radius 2 is 2.17 bits per heavy atom. The Hall–Kier alpha value is -0.760. The van der Waals surface area contributed by atoms with Crippen molar-refractivity contribution in [2.24, 2.45) is 0 Å². The summed E-state index contributed by atoms with van der Waals surface area (Å²) in [5.74, 6) is 0.306. The highest BCUT2D eigenvalue weighted by Crippen LogP contribution is 2.30. The van der Waals surface area contributed by atoms with Crippen LogP contribution < -0.4 is 0 Å². The summed E-state index contributed by atoms with van der Waals surface area (Å²) >= 11 is 1.72. The predicted octanol–water partition coefficient (Wildman–Crippen LogP) is 2.54. The van der Waals surface area contributed by atoms with Gasteiger partial charge in [-0.25, -0.2) is 0 Å². The number of carbonyl (C=O) groups is 1. The molecule has 0 spiro atoms. The smallest absolute Gasteiger partial charge is 0.163 e. The second kappa shape index (κ2) is 2.94. The van der Waals surface area contributed by atoms with Crippen molar-refractivity contribution in [3.05, 3.63) is 29.3 Å². The van der Waals surface area contributed by atoms with Crippen LogP contribution in [0.3, 0.4) is 0 Å². The van der Waals surface area contributed by atoms with Crippen LogP contribution in [0.5, 0.6) is 0 Å². The van der Waals surface area contributed by atoms with Gasteiger partial charge in [0.15, 0.2) is 5.78 Å². The molecule has 1 aliphatic rings. The molecule has 0 unspecified atom stereocenters. The van der Waals surface area contributed by atoms with Gasteiger partial charge < -0.3 is 0 Å². The van der Waals surface area contributed by atoms with Gasteiger partial charge in [-0.3, -0.25) is 4.79 Å². The van der Waals surface area contributed by atoms with Crippen molar-refractivity contribution >= 4 is 17.5 Å². The Balaban J connectivity index is 2.58. The van der Waals surface area contributed by atoms with Crippen LogP contribution >= 0.6 is 11.8 Å². The Labute approximate surface area is 76.2 Å². The molecule has 0 bridgehead atoms. The first kappa shape index (κ1) is 7.87. The van der Waals surface area contributed by atoms with Gasteiger partial charge in [-0.15, -0.1) is 11.8 Å². The lowest BCUT2D eigenvalue weighted by atomic mass is 10.1. The third-order valence-electron chi connectivity index (χ3n) is 2.26. The average Bonchev–Trinajstić information content (AvgIpc) is 2.48. The van der Waals surface area contributed by atoms with Crippen molar-refractivity contribution < 1.29 is 4.79 Å². The maximum atomic E-state index is 11.3. The molecule has 0 N–H and O–H groups in total. The molecule has 62 valence electrons. The number of Topliss-reactive ketones (excluding diaryl/α,β-unsaturated/α-hetero) is 1. The summed E-state index contributed by atoms with van der Waals surface area (Å²) in [6.45, 7) is 0. The summed E-state index contributed by atoms with van der Waals surface area (Å²) in [4.78, 5) is 12.6. The molecule has 0 heterocycles. The van der Waals surface area contributed by atoms with Crippen molar-refractivity contribution in [2.45, 2.75) is 17.7 Å². The van der Waals surface area contributed by atoms with E-state index in [4.69, 9.17) is 0 Å². The van der Waals surface area contributed by atoms with Crippen LogP contribution in [0.2, 0.25) is 0 Å². The van der Waals surface area contributed by atoms with Gasteiger partial charge in [0.25, 0.3) is 0 Å². The third kappa shape index (κ3) is 1.07. The molecule has 2 heteroatoms. The van der Waals surface area contributed by atoms with E-state index >= 15 is 0 Å². The van der Waals surface area contributed by atoms with E-state index in [1.165, 1.54) is 10.5 Å². The SMILES string of the molecule is CSc1cccc2c1CCC2=O. The molecule has 12 heavy (non-hydrogen) atoms. The van der Waals surface area contributed by atoms with Crippen molar-refractivity contribution in [3.63, 3.8) is 0 Å². The Kier molecular flexibility index (Phi) is 1.93. The molecule has 1 aliphatic carbocycles. The zero-order valence-corrected chi connectivity index (χ0v) is 7.78. The van der Waals surface area contributed by atoms with E-state index < -0.39 is 0 Å². The second-order valence-corrected chi connectivity index (χ2v) is 3.76. The predicted molar refractivity (Wildman–Crippen MR) is 50.9 cm³/mol. The van der Waals surface area contributed by atoms with Gasteiger partial charge in [-0.1, -0.05) is 12.1 Å². The molecule has 1 aromatic carbocycles. The third-order valence-corrected chi connectivity index (χ3v) is 3.08. The minimum Gasteiger partial charge on any atom is -0.294 e. The fourth-order valence-electron chi connectivity index (χ4n) is 1.65. The number of hydrogen-bond acceptors (Lipinski definition) is 2. The number of carbonyl (C=O) groups excluding carboxylic acids is 1. The van der Waals surface area contributed by atoms with Crippen molar-refractivity contribution in [1.29, 1.82) is 0 Å². The number of rotatable bonds is 1. The Morgan fingerprint density at radius 1 is 1.33 bits per heavy atom. The normalized spacial score (nSPS) is 14.9. The first-order valence-electron chi connectivity index (χ1n) is 4.02. The van der Waals surface area contributed by atoms with Gasteiger partial charge in [0.05, 0.1) is 0 Å². The highest BCUT2D eigenvalue weighted by atomic mass is 32.2. The summed E-state index contributed by atoms with van der Waals surface area (Å²) in [6.07, 6.45) is 3.69. The van der Waals surface area contributed by atoms with E-state index in [2.05, 4.69) is 12.3 Å². The van der Waals surface area contributed by atoms with Crippen molar-refractivity contribution in [2.75, 3.05) is 6.26 Å². The quantitative estimate of drug-likeness (QED) is 0.615. The molecule has 0 fully saturated rings. The van der Waals surface area contributed by atoms with Gasteiger partial charge >= 0.3 is 0 Å². The van der Waals surface area contributed by atoms with Crippen molar-refractivity contribution in [3.8, 4) is 0 Å². The fourth-order valence-corrected chi connectivity index (χ4v) is 2.32. The molecule has 0 amide bonds. The van der Waals surface area contributed by atoms with Crippen LogP contribution in [0.1, 0.15) is 22.3 Å². The van der Waals surface area contributed by atoms with Crippen LogP contribution in [0, 0.1) is 0 Å². The molecule has 0 radical (unpaired) electrons. The van der Waals surface area contributed by atoms with Crippen molar-refractivity contribution in [1.82, 2.24) is 0 Å². The van der Waals surface area contributed by atoms with E-state index in [1.54, 1.807) is 11.8 Å². The number of hydrogen-bond donors (Lipinski definition) is 0. The highest BCUT2D eigenvalue weighted by Gasteiger charge is 2.20. The molecule has 1 nitrogen and oxygen atoms in total. The van der Waals surface area contributed by atoms with E-state index in [0.29, 0.717) is 12.2 Å². The summed E-state index contributed by atoms with van der Waals surface area (Å²) < 4.78 is 0. The molecular formula is C10H10OS. The van der Waals surface area contributed by atoms with Gasteiger partial charge in [0.1, 0.15) is 0 Å². The van der Waals surface area contributed by atoms with Gasteiger partial charge in [0.2, 0.25) is 0 Å². The number of ketones is 1. The Bertz CT molecular complexity index is 331. The van der Waals surface area contributed by atoms with Crippen LogP contribution in [-0.2, 0) is 6.42 Å². The van der Waals surface area contributed by atoms with E-state index in [9.17, 15) is 4.79 Å². The summed E-state index contributed by atoms with van der Waals surface area (Å²) in [7, 11) is 0. The maximum absolute atomic E-state index is 11.3. The lowest BCUT2D eigenvalue weighted by Gasteiger charge is -2.02. The molecule has 0 aliphatic heterocycles. The van der Waals surface area contributed by atoms with E-state index in [0.717, 1.165) is 12.0 Å². The summed E-state index contributed by atoms with van der Waals surface area (Å²) in [5.41, 5.74) is 2.21. The molecule has 0 atom stereocenters. The van der Waals surface area contributed by atoms with Gasteiger partial charge in [0, 0.05) is 16.9 Å². The highest BCUT2D eigenvalue weighted by molar-refractivity contribution is 7.98. The summed E-state index contributed by atoms with van der Waals surface area (Å²) in [6, 6.07) is 5.99. The minimum absolute atomic E-state index is 0.306. The molecule has 0 saturated carbocycles. The summed E-state index contributed by atoms with van der Waals surface area (Å²) in [5, 5.41) is 0. The van der Waals surface area contributed by atoms with Crippen LogP contribution in [-0.4, -0.2) is 12.0 Å².